The second kappa shape index (κ2) is 16.9. The number of rotatable bonds is 16. The monoisotopic (exact) mass is 872 g/mol. The van der Waals surface area contributed by atoms with E-state index in [1.54, 1.807) is 65.0 Å². The Morgan fingerprint density at radius 2 is 1.59 bits per heavy atom. The van der Waals surface area contributed by atoms with Gasteiger partial charge in [0, 0.05) is 30.7 Å². The quantitative estimate of drug-likeness (QED) is 0.0798. The number of anilines is 1. The number of hydrogen-bond donors (Lipinski definition) is 3. The molecule has 3 heterocycles. The fourth-order valence-electron chi connectivity index (χ4n) is 7.19. The van der Waals surface area contributed by atoms with Crippen molar-refractivity contribution in [1.29, 1.82) is 0 Å². The number of carboxylic acid groups (broad SMARTS) is 1. The van der Waals surface area contributed by atoms with E-state index in [4.69, 9.17) is 9.83 Å². The van der Waals surface area contributed by atoms with Crippen molar-refractivity contribution < 1.29 is 63.0 Å². The van der Waals surface area contributed by atoms with Gasteiger partial charge in [-0.1, -0.05) is 30.4 Å². The number of allylic oxidation sites excluding steroid dienone is 6. The molecule has 1 amide bonds. The molecule has 2 aliphatic heterocycles. The first-order chi connectivity index (χ1) is 27.4. The molecule has 0 bridgehead atoms. The lowest BCUT2D eigenvalue weighted by atomic mass is 9.75. The summed E-state index contributed by atoms with van der Waals surface area (Å²) in [5, 5.41) is 10.6. The third kappa shape index (κ3) is 9.86. The van der Waals surface area contributed by atoms with E-state index in [0.717, 1.165) is 5.06 Å². The van der Waals surface area contributed by atoms with Crippen molar-refractivity contribution in [2.75, 3.05) is 37.1 Å². The molecule has 2 aliphatic rings. The molecule has 0 spiro atoms. The van der Waals surface area contributed by atoms with Gasteiger partial charge in [-0.15, -0.1) is 0 Å². The highest BCUT2D eigenvalue weighted by Crippen LogP contribution is 2.52. The molecule has 1 atom stereocenters. The standard InChI is InChI=1S/C39H44N4O13S3/c1-38(2)31-23-27(36(44)41(4)56-5)25-42(19-9-21-57(47,48)49)35(31)40-33(38)11-7-6-8-12-34-39(3,28-15-13-26(14-16-28)37(45)46)30-24-29(59(53,54)55)17-18-32(30)43(34)20-10-22-58(50,51)52/h6-8,11-18,23-25H,9-10,19-22H2,1-5H3,(H3-,45,46,47,48,49,50,51,52,53,54,55). The molecule has 5 rings (SSSR count). The molecule has 59 heavy (non-hydrogen) atoms. The Hall–Kier alpha value is -5.09. The Morgan fingerprint density at radius 1 is 0.915 bits per heavy atom. The molecule has 17 nitrogen and oxygen atoms in total. The number of hydrogen-bond acceptors (Lipinski definition) is 12. The van der Waals surface area contributed by atoms with Crippen molar-refractivity contribution in [2.24, 2.45) is 4.99 Å². The third-order valence-corrected chi connectivity index (χ3v) is 12.8. The van der Waals surface area contributed by atoms with Crippen molar-refractivity contribution in [2.45, 2.75) is 55.9 Å². The Kier molecular flexibility index (Phi) is 12.9. The summed E-state index contributed by atoms with van der Waals surface area (Å²) < 4.78 is 103. The zero-order chi connectivity index (χ0) is 43.7. The molecule has 20 heteroatoms. The van der Waals surface area contributed by atoms with Crippen LogP contribution in [0.25, 0.3) is 0 Å². The van der Waals surface area contributed by atoms with Gasteiger partial charge in [-0.2, -0.15) is 16.8 Å². The zero-order valence-electron chi connectivity index (χ0n) is 32.8. The van der Waals surface area contributed by atoms with Gasteiger partial charge in [0.1, 0.15) is 6.20 Å². The Labute approximate surface area is 342 Å². The minimum absolute atomic E-state index is 0.00814. The number of hydroxylamine groups is 2. The van der Waals surface area contributed by atoms with Crippen LogP contribution < -0.4 is 9.47 Å². The Balaban J connectivity index is 1.57. The van der Waals surface area contributed by atoms with Crippen molar-refractivity contribution in [3.8, 4) is 0 Å². The molecule has 0 radical (unpaired) electrons. The molecule has 0 saturated heterocycles. The van der Waals surface area contributed by atoms with Crippen LogP contribution in [0.15, 0.2) is 101 Å². The van der Waals surface area contributed by atoms with Gasteiger partial charge in [0.05, 0.1) is 61.9 Å². The number of aliphatic imine (C=N–C) groups is 1. The predicted octanol–water partition coefficient (Wildman–Crippen LogP) is 3.95. The molecule has 1 unspecified atom stereocenters. The smallest absolute Gasteiger partial charge is 0.335 e. The number of carbonyl (C=O) groups excluding carboxylic acids is 1. The number of carboxylic acids is 1. The van der Waals surface area contributed by atoms with Crippen LogP contribution in [-0.4, -0.2) is 98.9 Å². The third-order valence-electron chi connectivity index (χ3n) is 10.4. The maximum atomic E-state index is 13.1. The number of aromatic carboxylic acids is 1. The van der Waals surface area contributed by atoms with E-state index < -0.39 is 64.6 Å². The average molecular weight is 873 g/mol. The van der Waals surface area contributed by atoms with Crippen LogP contribution in [-0.2, 0) is 52.6 Å². The van der Waals surface area contributed by atoms with E-state index >= 15 is 0 Å². The topological polar surface area (TPSA) is 252 Å². The lowest BCUT2D eigenvalue weighted by Crippen LogP contribution is -2.38. The van der Waals surface area contributed by atoms with Gasteiger partial charge in [0.25, 0.3) is 26.1 Å². The summed E-state index contributed by atoms with van der Waals surface area (Å²) in [5.41, 5.74) is 1.58. The minimum Gasteiger partial charge on any atom is -0.748 e. The summed E-state index contributed by atoms with van der Waals surface area (Å²) >= 11 is 0. The zero-order valence-corrected chi connectivity index (χ0v) is 35.2. The average Bonchev–Trinajstić information content (AvgIpc) is 3.55. The normalized spacial score (nSPS) is 18.4. The number of fused-ring (bicyclic) bond motifs is 2. The van der Waals surface area contributed by atoms with Crippen molar-refractivity contribution >= 4 is 59.4 Å². The Bertz CT molecular complexity index is 2640. The number of carbonyl (C=O) groups is 2. The first kappa shape index (κ1) is 45.0. The van der Waals surface area contributed by atoms with E-state index in [2.05, 4.69) is 0 Å². The molecule has 2 aromatic carbocycles. The molecule has 0 fully saturated rings. The highest BCUT2D eigenvalue weighted by atomic mass is 32.2. The molecular weight excluding hydrogens is 829 g/mol. The molecule has 0 saturated carbocycles. The minimum atomic E-state index is -4.66. The first-order valence-corrected chi connectivity index (χ1v) is 22.7. The summed E-state index contributed by atoms with van der Waals surface area (Å²) in [4.78, 5) is 36.1. The second-order valence-corrected chi connectivity index (χ2v) is 19.1. The largest absolute Gasteiger partial charge is 0.748 e. The van der Waals surface area contributed by atoms with E-state index in [-0.39, 0.29) is 42.0 Å². The van der Waals surface area contributed by atoms with E-state index in [1.165, 1.54) is 50.7 Å². The van der Waals surface area contributed by atoms with E-state index in [1.807, 2.05) is 13.8 Å². The van der Waals surface area contributed by atoms with Gasteiger partial charge in [-0.05, 0) is 98.3 Å². The summed E-state index contributed by atoms with van der Waals surface area (Å²) in [6.45, 7) is 5.72. The highest BCUT2D eigenvalue weighted by Gasteiger charge is 2.46. The number of pyridine rings is 1. The van der Waals surface area contributed by atoms with Crippen molar-refractivity contribution in [3.63, 3.8) is 0 Å². The predicted molar refractivity (Wildman–Crippen MR) is 216 cm³/mol. The van der Waals surface area contributed by atoms with E-state index in [0.29, 0.717) is 39.6 Å². The van der Waals surface area contributed by atoms with Crippen LogP contribution in [0.2, 0.25) is 0 Å². The number of amides is 1. The number of benzene rings is 2. The summed E-state index contributed by atoms with van der Waals surface area (Å²) in [7, 11) is -10.7. The van der Waals surface area contributed by atoms with Gasteiger partial charge in [0.15, 0.2) is 5.71 Å². The van der Waals surface area contributed by atoms with E-state index in [9.17, 15) is 53.6 Å². The number of nitrogens with zero attached hydrogens (tertiary/aromatic N) is 4. The molecule has 3 N–H and O–H groups in total. The fraction of sp³-hybridized carbons (Fsp3) is 0.333. The highest BCUT2D eigenvalue weighted by molar-refractivity contribution is 7.86. The first-order valence-electron chi connectivity index (χ1n) is 18.1. The van der Waals surface area contributed by atoms with Crippen LogP contribution >= 0.6 is 0 Å². The summed E-state index contributed by atoms with van der Waals surface area (Å²) in [6, 6.07) is 11.7. The molecule has 1 aromatic heterocycles. The lowest BCUT2D eigenvalue weighted by molar-refractivity contribution is -0.684. The lowest BCUT2D eigenvalue weighted by Gasteiger charge is -2.31. The van der Waals surface area contributed by atoms with Crippen molar-refractivity contribution in [1.82, 2.24) is 5.06 Å². The Morgan fingerprint density at radius 3 is 2.19 bits per heavy atom. The maximum Gasteiger partial charge on any atom is 0.335 e. The number of aromatic nitrogens is 1. The van der Waals surface area contributed by atoms with Crippen LogP contribution in [0.4, 0.5) is 11.5 Å². The van der Waals surface area contributed by atoms with Crippen LogP contribution in [0.3, 0.4) is 0 Å². The van der Waals surface area contributed by atoms with Crippen LogP contribution in [0, 0.1) is 0 Å². The fourth-order valence-corrected chi connectivity index (χ4v) is 8.67. The molecule has 316 valence electrons. The maximum absolute atomic E-state index is 13.1. The molecule has 3 aromatic rings. The molecular formula is C39H44N4O13S3. The van der Waals surface area contributed by atoms with Crippen molar-refractivity contribution in [3.05, 3.63) is 119 Å². The van der Waals surface area contributed by atoms with Gasteiger partial charge < -0.3 is 14.6 Å². The van der Waals surface area contributed by atoms with Gasteiger partial charge in [0.2, 0.25) is 0 Å². The van der Waals surface area contributed by atoms with Gasteiger partial charge in [-0.3, -0.25) is 18.7 Å². The second-order valence-electron chi connectivity index (χ2n) is 14.6. The summed E-state index contributed by atoms with van der Waals surface area (Å²) in [5.74, 6) is -2.32. The van der Waals surface area contributed by atoms with Gasteiger partial charge in [-0.25, -0.2) is 22.8 Å². The van der Waals surface area contributed by atoms with Gasteiger partial charge >= 0.3 is 11.8 Å². The SMILES string of the molecule is CON(C)C(=O)c1cc2c([n+](CCCS(=O)(=O)[O-])c1)N=C(/C=C/C=C/C=C1/N(CCCS(=O)(=O)O)c3ccc(S(=O)(=O)O)cc3C1(C)c1ccc(C(=O)O)cc1)C2(C)C. The van der Waals surface area contributed by atoms with Crippen LogP contribution in [0.5, 0.6) is 0 Å². The number of aryl methyl sites for hydroxylation is 1. The van der Waals surface area contributed by atoms with Crippen LogP contribution in [0.1, 0.15) is 71.0 Å². The summed E-state index contributed by atoms with van der Waals surface area (Å²) in [6.07, 6.45) is 10.1. The molecule has 0 aliphatic carbocycles.